The molecule has 2 rings (SSSR count). The molecule has 0 fully saturated rings. The summed E-state index contributed by atoms with van der Waals surface area (Å²) in [6, 6.07) is 5.47. The molecule has 1 aromatic carbocycles. The van der Waals surface area contributed by atoms with Crippen LogP contribution in [-0.4, -0.2) is 9.78 Å². The highest BCUT2D eigenvalue weighted by atomic mass is 19.2. The Labute approximate surface area is 79.8 Å². The van der Waals surface area contributed by atoms with Crippen molar-refractivity contribution in [2.75, 3.05) is 0 Å². The largest absolute Gasteiger partial charge is 0.241 e. The van der Waals surface area contributed by atoms with E-state index in [0.29, 0.717) is 5.69 Å². The zero-order chi connectivity index (χ0) is 10.1. The van der Waals surface area contributed by atoms with Gasteiger partial charge in [0.05, 0.1) is 11.4 Å². The van der Waals surface area contributed by atoms with E-state index < -0.39 is 11.6 Å². The SMILES string of the molecule is Cc1ccn(-c2ccc(F)c(F)c2)n1. The van der Waals surface area contributed by atoms with Crippen molar-refractivity contribution < 1.29 is 8.78 Å². The van der Waals surface area contributed by atoms with Crippen LogP contribution >= 0.6 is 0 Å². The summed E-state index contributed by atoms with van der Waals surface area (Å²) in [5.74, 6) is -1.71. The lowest BCUT2D eigenvalue weighted by molar-refractivity contribution is 0.507. The van der Waals surface area contributed by atoms with Gasteiger partial charge >= 0.3 is 0 Å². The average molecular weight is 194 g/mol. The molecule has 0 amide bonds. The highest BCUT2D eigenvalue weighted by molar-refractivity contribution is 5.31. The molecule has 0 aliphatic rings. The van der Waals surface area contributed by atoms with Crippen LogP contribution in [0.3, 0.4) is 0 Å². The monoisotopic (exact) mass is 194 g/mol. The molecule has 2 aromatic rings. The molecule has 0 atom stereocenters. The van der Waals surface area contributed by atoms with Crippen molar-refractivity contribution >= 4 is 0 Å². The summed E-state index contributed by atoms with van der Waals surface area (Å²) in [5, 5.41) is 4.08. The zero-order valence-corrected chi connectivity index (χ0v) is 7.54. The normalized spacial score (nSPS) is 10.5. The van der Waals surface area contributed by atoms with E-state index in [-0.39, 0.29) is 0 Å². The summed E-state index contributed by atoms with van der Waals surface area (Å²) in [4.78, 5) is 0. The third kappa shape index (κ3) is 1.51. The molecule has 1 aromatic heterocycles. The van der Waals surface area contributed by atoms with Gasteiger partial charge in [-0.2, -0.15) is 5.10 Å². The topological polar surface area (TPSA) is 17.8 Å². The van der Waals surface area contributed by atoms with Crippen LogP contribution in [0, 0.1) is 18.6 Å². The van der Waals surface area contributed by atoms with Gasteiger partial charge in [0.2, 0.25) is 0 Å². The fourth-order valence-electron chi connectivity index (χ4n) is 1.19. The number of rotatable bonds is 1. The summed E-state index contributed by atoms with van der Waals surface area (Å²) in [7, 11) is 0. The van der Waals surface area contributed by atoms with E-state index in [9.17, 15) is 8.78 Å². The number of halogens is 2. The van der Waals surface area contributed by atoms with Gasteiger partial charge in [0.1, 0.15) is 0 Å². The third-order valence-electron chi connectivity index (χ3n) is 1.89. The highest BCUT2D eigenvalue weighted by Crippen LogP contribution is 2.12. The van der Waals surface area contributed by atoms with Gasteiger partial charge in [-0.15, -0.1) is 0 Å². The first kappa shape index (κ1) is 8.87. The molecule has 1 heterocycles. The molecular formula is C10H8F2N2. The van der Waals surface area contributed by atoms with Gasteiger partial charge in [0.15, 0.2) is 11.6 Å². The van der Waals surface area contributed by atoms with Crippen molar-refractivity contribution in [3.8, 4) is 5.69 Å². The number of hydrogen-bond acceptors (Lipinski definition) is 1. The van der Waals surface area contributed by atoms with Crippen LogP contribution in [0.5, 0.6) is 0 Å². The highest BCUT2D eigenvalue weighted by Gasteiger charge is 2.04. The molecule has 0 radical (unpaired) electrons. The minimum atomic E-state index is -0.865. The van der Waals surface area contributed by atoms with E-state index in [0.717, 1.165) is 17.8 Å². The standard InChI is InChI=1S/C10H8F2N2/c1-7-4-5-14(13-7)8-2-3-9(11)10(12)6-8/h2-6H,1H3. The summed E-state index contributed by atoms with van der Waals surface area (Å²) in [5.41, 5.74) is 1.34. The van der Waals surface area contributed by atoms with Gasteiger partial charge in [0, 0.05) is 12.3 Å². The smallest absolute Gasteiger partial charge is 0.160 e. The van der Waals surface area contributed by atoms with Crippen LogP contribution in [0.2, 0.25) is 0 Å². The van der Waals surface area contributed by atoms with E-state index in [1.807, 2.05) is 6.92 Å². The Morgan fingerprint density at radius 2 is 1.93 bits per heavy atom. The molecule has 0 saturated carbocycles. The lowest BCUT2D eigenvalue weighted by Gasteiger charge is -2.01. The van der Waals surface area contributed by atoms with Crippen molar-refractivity contribution in [2.45, 2.75) is 6.92 Å². The Bertz CT molecular complexity index is 463. The number of aromatic nitrogens is 2. The number of aryl methyl sites for hydroxylation is 1. The predicted molar refractivity (Wildman–Crippen MR) is 48.2 cm³/mol. The number of nitrogens with zero attached hydrogens (tertiary/aromatic N) is 2. The second-order valence-electron chi connectivity index (χ2n) is 3.00. The van der Waals surface area contributed by atoms with Gasteiger partial charge < -0.3 is 0 Å². The van der Waals surface area contributed by atoms with Gasteiger partial charge in [-0.3, -0.25) is 0 Å². The number of benzene rings is 1. The summed E-state index contributed by atoms with van der Waals surface area (Å²) >= 11 is 0. The minimum Gasteiger partial charge on any atom is -0.241 e. The number of hydrogen-bond donors (Lipinski definition) is 0. The molecule has 4 heteroatoms. The second-order valence-corrected chi connectivity index (χ2v) is 3.00. The minimum absolute atomic E-state index is 0.511. The Morgan fingerprint density at radius 3 is 2.50 bits per heavy atom. The van der Waals surface area contributed by atoms with Crippen molar-refractivity contribution in [3.05, 3.63) is 47.8 Å². The molecule has 0 unspecified atom stereocenters. The van der Waals surface area contributed by atoms with E-state index in [1.54, 1.807) is 12.3 Å². The first-order chi connectivity index (χ1) is 6.66. The van der Waals surface area contributed by atoms with Gasteiger partial charge in [-0.1, -0.05) is 0 Å². The zero-order valence-electron chi connectivity index (χ0n) is 7.54. The van der Waals surface area contributed by atoms with Crippen LogP contribution in [0.4, 0.5) is 8.78 Å². The molecule has 0 aliphatic carbocycles. The summed E-state index contributed by atoms with van der Waals surface area (Å²) in [6.45, 7) is 1.83. The van der Waals surface area contributed by atoms with E-state index in [4.69, 9.17) is 0 Å². The molecule has 0 N–H and O–H groups in total. The van der Waals surface area contributed by atoms with Crippen LogP contribution in [0.15, 0.2) is 30.5 Å². The van der Waals surface area contributed by atoms with Crippen molar-refractivity contribution in [2.24, 2.45) is 0 Å². The van der Waals surface area contributed by atoms with Crippen LogP contribution in [0.25, 0.3) is 5.69 Å². The summed E-state index contributed by atoms with van der Waals surface area (Å²) in [6.07, 6.45) is 1.70. The van der Waals surface area contributed by atoms with Crippen molar-refractivity contribution in [1.82, 2.24) is 9.78 Å². The average Bonchev–Trinajstić information content (AvgIpc) is 2.57. The van der Waals surface area contributed by atoms with E-state index in [1.165, 1.54) is 10.7 Å². The van der Waals surface area contributed by atoms with Crippen molar-refractivity contribution in [3.63, 3.8) is 0 Å². The fraction of sp³-hybridized carbons (Fsp3) is 0.100. The van der Waals surface area contributed by atoms with Gasteiger partial charge in [-0.05, 0) is 25.1 Å². The van der Waals surface area contributed by atoms with E-state index in [2.05, 4.69) is 5.10 Å². The molecule has 0 aliphatic heterocycles. The molecule has 14 heavy (non-hydrogen) atoms. The van der Waals surface area contributed by atoms with Gasteiger partial charge in [-0.25, -0.2) is 13.5 Å². The Balaban J connectivity index is 2.47. The molecule has 0 bridgehead atoms. The van der Waals surface area contributed by atoms with Gasteiger partial charge in [0.25, 0.3) is 0 Å². The van der Waals surface area contributed by atoms with Crippen LogP contribution in [0.1, 0.15) is 5.69 Å². The second kappa shape index (κ2) is 3.21. The molecule has 2 nitrogen and oxygen atoms in total. The quantitative estimate of drug-likeness (QED) is 0.681. The lowest BCUT2D eigenvalue weighted by Crippen LogP contribution is -1.96. The maximum Gasteiger partial charge on any atom is 0.160 e. The maximum atomic E-state index is 12.9. The first-order valence-corrected chi connectivity index (χ1v) is 4.14. The lowest BCUT2D eigenvalue weighted by atomic mass is 10.3. The molecular weight excluding hydrogens is 186 g/mol. The molecule has 0 spiro atoms. The van der Waals surface area contributed by atoms with Crippen LogP contribution in [-0.2, 0) is 0 Å². The Morgan fingerprint density at radius 1 is 1.14 bits per heavy atom. The van der Waals surface area contributed by atoms with Crippen molar-refractivity contribution in [1.29, 1.82) is 0 Å². The molecule has 72 valence electrons. The van der Waals surface area contributed by atoms with E-state index >= 15 is 0 Å². The predicted octanol–water partition coefficient (Wildman–Crippen LogP) is 2.46. The molecule has 0 saturated heterocycles. The Kier molecular flexibility index (Phi) is 2.04. The fourth-order valence-corrected chi connectivity index (χ4v) is 1.19. The summed E-state index contributed by atoms with van der Waals surface area (Å²) < 4.78 is 27.0. The Hall–Kier alpha value is -1.71. The van der Waals surface area contributed by atoms with Crippen LogP contribution < -0.4 is 0 Å². The maximum absolute atomic E-state index is 12.9. The first-order valence-electron chi connectivity index (χ1n) is 4.14. The third-order valence-corrected chi connectivity index (χ3v) is 1.89.